The highest BCUT2D eigenvalue weighted by atomic mass is 35.5. The van der Waals surface area contributed by atoms with Crippen molar-refractivity contribution in [3.8, 4) is 0 Å². The lowest BCUT2D eigenvalue weighted by atomic mass is 10.1. The summed E-state index contributed by atoms with van der Waals surface area (Å²) in [5, 5.41) is 0. The van der Waals surface area contributed by atoms with E-state index in [1.54, 1.807) is 0 Å². The molecular formula is C12H20ClNO. The average molecular weight is 230 g/mol. The highest BCUT2D eigenvalue weighted by Crippen LogP contribution is 2.58. The summed E-state index contributed by atoms with van der Waals surface area (Å²) in [5.74, 6) is 2.91. The molecule has 0 spiro atoms. The molecule has 2 saturated carbocycles. The van der Waals surface area contributed by atoms with Crippen molar-refractivity contribution in [1.82, 2.24) is 4.90 Å². The van der Waals surface area contributed by atoms with Gasteiger partial charge in [-0.05, 0) is 38.0 Å². The summed E-state index contributed by atoms with van der Waals surface area (Å²) in [6, 6.07) is 0. The van der Waals surface area contributed by atoms with Crippen molar-refractivity contribution in [2.75, 3.05) is 19.0 Å². The second-order valence-corrected chi connectivity index (χ2v) is 5.12. The molecule has 0 heterocycles. The molecular weight excluding hydrogens is 210 g/mol. The fraction of sp³-hybridized carbons (Fsp3) is 0.917. The lowest BCUT2D eigenvalue weighted by Crippen LogP contribution is -2.34. The molecule has 0 N–H and O–H groups in total. The molecule has 0 aromatic carbocycles. The summed E-state index contributed by atoms with van der Waals surface area (Å²) in [5.41, 5.74) is 0. The zero-order valence-electron chi connectivity index (χ0n) is 9.42. The monoisotopic (exact) mass is 229 g/mol. The fourth-order valence-electron chi connectivity index (χ4n) is 3.07. The molecule has 86 valence electrons. The van der Waals surface area contributed by atoms with Crippen molar-refractivity contribution in [2.24, 2.45) is 17.8 Å². The minimum atomic E-state index is 0.383. The maximum absolute atomic E-state index is 12.1. The first kappa shape index (κ1) is 11.3. The van der Waals surface area contributed by atoms with E-state index in [9.17, 15) is 4.79 Å². The van der Waals surface area contributed by atoms with Crippen molar-refractivity contribution in [3.63, 3.8) is 0 Å². The van der Waals surface area contributed by atoms with Gasteiger partial charge in [-0.3, -0.25) is 4.79 Å². The van der Waals surface area contributed by atoms with Gasteiger partial charge < -0.3 is 4.90 Å². The molecule has 0 radical (unpaired) electrons. The Morgan fingerprint density at radius 1 is 1.40 bits per heavy atom. The Morgan fingerprint density at radius 3 is 2.60 bits per heavy atom. The largest absolute Gasteiger partial charge is 0.343 e. The van der Waals surface area contributed by atoms with Crippen LogP contribution in [0.2, 0.25) is 0 Å². The maximum atomic E-state index is 12.1. The van der Waals surface area contributed by atoms with Gasteiger partial charge in [-0.1, -0.05) is 6.42 Å². The molecule has 2 unspecified atom stereocenters. The number of hydrogen-bond donors (Lipinski definition) is 0. The molecule has 2 aliphatic rings. The fourth-order valence-corrected chi connectivity index (χ4v) is 3.19. The number of carbonyl (C=O) groups is 1. The third kappa shape index (κ3) is 2.15. The Morgan fingerprint density at radius 2 is 2.07 bits per heavy atom. The number of alkyl halides is 1. The average Bonchev–Trinajstić information content (AvgIpc) is 2.73. The molecule has 2 aliphatic carbocycles. The molecule has 1 amide bonds. The predicted octanol–water partition coefficient (Wildman–Crippen LogP) is 2.51. The summed E-state index contributed by atoms with van der Waals surface area (Å²) >= 11 is 5.66. The Bertz CT molecular complexity index is 234. The van der Waals surface area contributed by atoms with Gasteiger partial charge in [-0.2, -0.15) is 0 Å². The second-order valence-electron chi connectivity index (χ2n) is 4.74. The molecule has 2 fully saturated rings. The molecule has 2 atom stereocenters. The van der Waals surface area contributed by atoms with Gasteiger partial charge in [-0.15, -0.1) is 11.6 Å². The van der Waals surface area contributed by atoms with Crippen molar-refractivity contribution >= 4 is 17.5 Å². The minimum absolute atomic E-state index is 0.383. The Kier molecular flexibility index (Phi) is 3.55. The predicted molar refractivity (Wildman–Crippen MR) is 61.9 cm³/mol. The normalized spacial score (nSPS) is 32.5. The third-order valence-corrected chi connectivity index (χ3v) is 4.21. The molecule has 0 aromatic rings. The van der Waals surface area contributed by atoms with E-state index in [-0.39, 0.29) is 0 Å². The van der Waals surface area contributed by atoms with Crippen LogP contribution < -0.4 is 0 Å². The van der Waals surface area contributed by atoms with Crippen LogP contribution in [-0.2, 0) is 4.79 Å². The van der Waals surface area contributed by atoms with E-state index in [0.29, 0.717) is 17.7 Å². The van der Waals surface area contributed by atoms with Crippen LogP contribution >= 0.6 is 11.6 Å². The highest BCUT2D eigenvalue weighted by molar-refractivity contribution is 6.17. The Hall–Kier alpha value is -0.240. The zero-order chi connectivity index (χ0) is 10.8. The maximum Gasteiger partial charge on any atom is 0.226 e. The minimum Gasteiger partial charge on any atom is -0.343 e. The Labute approximate surface area is 97.0 Å². The number of amides is 1. The van der Waals surface area contributed by atoms with Crippen molar-refractivity contribution in [1.29, 1.82) is 0 Å². The molecule has 2 rings (SSSR count). The first-order valence-corrected chi connectivity index (χ1v) is 6.67. The number of halogens is 1. The number of carbonyl (C=O) groups excluding carboxylic acids is 1. The summed E-state index contributed by atoms with van der Waals surface area (Å²) in [6.45, 7) is 3.74. The third-order valence-electron chi connectivity index (χ3n) is 3.95. The van der Waals surface area contributed by atoms with Crippen molar-refractivity contribution in [3.05, 3.63) is 0 Å². The molecule has 0 aliphatic heterocycles. The van der Waals surface area contributed by atoms with Gasteiger partial charge >= 0.3 is 0 Å². The van der Waals surface area contributed by atoms with Crippen LogP contribution in [0.15, 0.2) is 0 Å². The van der Waals surface area contributed by atoms with E-state index in [1.165, 1.54) is 19.3 Å². The summed E-state index contributed by atoms with van der Waals surface area (Å²) in [4.78, 5) is 14.1. The molecule has 3 heteroatoms. The standard InChI is InChI=1S/C12H20ClNO/c1-2-14(8-4-7-13)12(15)11-9-5-3-6-10(9)11/h9-11H,2-8H2,1H3. The SMILES string of the molecule is CCN(CCCCl)C(=O)C1C2CCCC21. The lowest BCUT2D eigenvalue weighted by molar-refractivity contribution is -0.133. The van der Waals surface area contributed by atoms with Gasteiger partial charge in [0.05, 0.1) is 0 Å². The van der Waals surface area contributed by atoms with Crippen LogP contribution in [0.5, 0.6) is 0 Å². The van der Waals surface area contributed by atoms with Crippen LogP contribution in [-0.4, -0.2) is 29.8 Å². The van der Waals surface area contributed by atoms with E-state index in [2.05, 4.69) is 6.92 Å². The molecule has 0 saturated heterocycles. The van der Waals surface area contributed by atoms with Gasteiger partial charge in [0.2, 0.25) is 5.91 Å². The molecule has 0 bridgehead atoms. The zero-order valence-corrected chi connectivity index (χ0v) is 10.2. The van der Waals surface area contributed by atoms with Gasteiger partial charge in [0.1, 0.15) is 0 Å². The van der Waals surface area contributed by atoms with Crippen LogP contribution in [0.3, 0.4) is 0 Å². The van der Waals surface area contributed by atoms with Gasteiger partial charge in [0, 0.05) is 24.9 Å². The second kappa shape index (κ2) is 4.73. The van der Waals surface area contributed by atoms with Gasteiger partial charge in [-0.25, -0.2) is 0 Å². The van der Waals surface area contributed by atoms with Crippen LogP contribution in [0.25, 0.3) is 0 Å². The quantitative estimate of drug-likeness (QED) is 0.664. The number of fused-ring (bicyclic) bond motifs is 1. The Balaban J connectivity index is 1.83. The number of hydrogen-bond acceptors (Lipinski definition) is 1. The smallest absolute Gasteiger partial charge is 0.226 e. The highest BCUT2D eigenvalue weighted by Gasteiger charge is 2.57. The number of nitrogens with zero attached hydrogens (tertiary/aromatic N) is 1. The summed E-state index contributed by atoms with van der Waals surface area (Å²) in [7, 11) is 0. The number of rotatable bonds is 5. The van der Waals surface area contributed by atoms with Gasteiger partial charge in [0.25, 0.3) is 0 Å². The first-order chi connectivity index (χ1) is 7.29. The van der Waals surface area contributed by atoms with E-state index in [1.807, 2.05) is 4.90 Å². The molecule has 2 nitrogen and oxygen atoms in total. The van der Waals surface area contributed by atoms with Crippen LogP contribution in [0.4, 0.5) is 0 Å². The summed E-state index contributed by atoms with van der Waals surface area (Å²) < 4.78 is 0. The summed E-state index contributed by atoms with van der Waals surface area (Å²) in [6.07, 6.45) is 4.83. The molecule has 0 aromatic heterocycles. The van der Waals surface area contributed by atoms with Crippen LogP contribution in [0.1, 0.15) is 32.6 Å². The molecule has 15 heavy (non-hydrogen) atoms. The topological polar surface area (TPSA) is 20.3 Å². The van der Waals surface area contributed by atoms with Crippen LogP contribution in [0, 0.1) is 17.8 Å². The lowest BCUT2D eigenvalue weighted by Gasteiger charge is -2.21. The van der Waals surface area contributed by atoms with E-state index in [0.717, 1.165) is 31.3 Å². The van der Waals surface area contributed by atoms with E-state index < -0.39 is 0 Å². The first-order valence-electron chi connectivity index (χ1n) is 6.14. The van der Waals surface area contributed by atoms with Crippen molar-refractivity contribution < 1.29 is 4.79 Å². The van der Waals surface area contributed by atoms with E-state index >= 15 is 0 Å². The van der Waals surface area contributed by atoms with Crippen molar-refractivity contribution in [2.45, 2.75) is 32.6 Å². The van der Waals surface area contributed by atoms with Gasteiger partial charge in [0.15, 0.2) is 0 Å². The van der Waals surface area contributed by atoms with E-state index in [4.69, 9.17) is 11.6 Å².